The average Bonchev–Trinajstić information content (AvgIpc) is 2.97. The summed E-state index contributed by atoms with van der Waals surface area (Å²) in [6.45, 7) is 4.42. The Kier molecular flexibility index (Phi) is 5.41. The van der Waals surface area contributed by atoms with Gasteiger partial charge in [0.1, 0.15) is 18.3 Å². The van der Waals surface area contributed by atoms with Crippen LogP contribution in [0.25, 0.3) is 5.69 Å². The van der Waals surface area contributed by atoms with E-state index in [1.165, 1.54) is 19.2 Å². The van der Waals surface area contributed by atoms with E-state index in [-0.39, 0.29) is 0 Å². The lowest BCUT2D eigenvalue weighted by Gasteiger charge is -2.20. The van der Waals surface area contributed by atoms with Crippen molar-refractivity contribution in [3.8, 4) is 5.69 Å². The molecule has 1 atom stereocenters. The minimum Gasteiger partial charge on any atom is -0.381 e. The van der Waals surface area contributed by atoms with Crippen LogP contribution in [0.3, 0.4) is 0 Å². The number of halogens is 1. The number of rotatable bonds is 7. The van der Waals surface area contributed by atoms with E-state index >= 15 is 0 Å². The first kappa shape index (κ1) is 14.9. The Morgan fingerprint density at radius 2 is 2.20 bits per heavy atom. The molecule has 0 saturated carbocycles. The number of benzene rings is 1. The fourth-order valence-electron chi connectivity index (χ4n) is 2.24. The average molecular weight is 293 g/mol. The highest BCUT2D eigenvalue weighted by atomic mass is 35.5. The second-order valence-electron chi connectivity index (χ2n) is 4.87. The van der Waals surface area contributed by atoms with Crippen LogP contribution >= 0.6 is 11.6 Å². The smallest absolute Gasteiger partial charge is 0.138 e. The van der Waals surface area contributed by atoms with Crippen LogP contribution in [0.5, 0.6) is 0 Å². The molecular formula is C15H21ClN4. The molecule has 0 radical (unpaired) electrons. The van der Waals surface area contributed by atoms with E-state index in [1.54, 1.807) is 11.0 Å². The highest BCUT2D eigenvalue weighted by Crippen LogP contribution is 2.29. The number of hydrogen-bond donors (Lipinski definition) is 1. The summed E-state index contributed by atoms with van der Waals surface area (Å²) in [6, 6.07) is 6.32. The predicted molar refractivity (Wildman–Crippen MR) is 83.6 cm³/mol. The fraction of sp³-hybridized carbons (Fsp3) is 0.467. The third kappa shape index (κ3) is 3.51. The summed E-state index contributed by atoms with van der Waals surface area (Å²) >= 11 is 6.32. The molecule has 1 unspecified atom stereocenters. The first-order valence-electron chi connectivity index (χ1n) is 7.16. The summed E-state index contributed by atoms with van der Waals surface area (Å²) in [5, 5.41) is 8.44. The topological polar surface area (TPSA) is 42.7 Å². The van der Waals surface area contributed by atoms with Crippen molar-refractivity contribution < 1.29 is 0 Å². The van der Waals surface area contributed by atoms with Gasteiger partial charge in [-0.2, -0.15) is 5.10 Å². The van der Waals surface area contributed by atoms with E-state index < -0.39 is 0 Å². The largest absolute Gasteiger partial charge is 0.381 e. The molecule has 20 heavy (non-hydrogen) atoms. The van der Waals surface area contributed by atoms with Gasteiger partial charge >= 0.3 is 0 Å². The maximum absolute atomic E-state index is 6.32. The quantitative estimate of drug-likeness (QED) is 0.827. The van der Waals surface area contributed by atoms with E-state index in [9.17, 15) is 0 Å². The number of hydrogen-bond acceptors (Lipinski definition) is 3. The normalized spacial score (nSPS) is 12.3. The zero-order valence-corrected chi connectivity index (χ0v) is 12.8. The molecule has 1 N–H and O–H groups in total. The van der Waals surface area contributed by atoms with Gasteiger partial charge in [-0.3, -0.25) is 0 Å². The van der Waals surface area contributed by atoms with Gasteiger partial charge in [-0.15, -0.1) is 0 Å². The molecule has 0 saturated heterocycles. The first-order valence-corrected chi connectivity index (χ1v) is 7.54. The van der Waals surface area contributed by atoms with Crippen LogP contribution in [0.1, 0.15) is 39.5 Å². The molecule has 108 valence electrons. The third-order valence-corrected chi connectivity index (χ3v) is 3.70. The Morgan fingerprint density at radius 3 is 2.85 bits per heavy atom. The minimum absolute atomic E-state index is 0.454. The summed E-state index contributed by atoms with van der Waals surface area (Å²) in [7, 11) is 0. The lowest BCUT2D eigenvalue weighted by molar-refractivity contribution is 0.593. The summed E-state index contributed by atoms with van der Waals surface area (Å²) in [5.41, 5.74) is 1.87. The number of nitrogens with zero attached hydrogens (tertiary/aromatic N) is 3. The molecular weight excluding hydrogens is 272 g/mol. The molecule has 1 aromatic heterocycles. The molecule has 0 aliphatic rings. The van der Waals surface area contributed by atoms with Crippen molar-refractivity contribution in [1.29, 1.82) is 0 Å². The molecule has 0 aliphatic carbocycles. The first-order chi connectivity index (χ1) is 9.76. The van der Waals surface area contributed by atoms with E-state index in [2.05, 4.69) is 29.2 Å². The van der Waals surface area contributed by atoms with Crippen molar-refractivity contribution in [3.63, 3.8) is 0 Å². The fourth-order valence-corrected chi connectivity index (χ4v) is 2.50. The van der Waals surface area contributed by atoms with Gasteiger partial charge in [0.2, 0.25) is 0 Å². The zero-order valence-electron chi connectivity index (χ0n) is 12.0. The van der Waals surface area contributed by atoms with Crippen LogP contribution in [-0.4, -0.2) is 20.8 Å². The van der Waals surface area contributed by atoms with E-state index in [1.807, 2.05) is 18.2 Å². The summed E-state index contributed by atoms with van der Waals surface area (Å²) in [4.78, 5) is 4.00. The Morgan fingerprint density at radius 1 is 1.35 bits per heavy atom. The molecule has 0 bridgehead atoms. The standard InChI is InChI=1S/C15H21ClN4/c1-3-5-7-12(4-2)19-14-9-6-8-13(16)15(14)20-11-17-10-18-20/h6,8-12,19H,3-5,7H2,1-2H3. The summed E-state index contributed by atoms with van der Waals surface area (Å²) in [5.74, 6) is 0. The molecule has 5 heteroatoms. The zero-order chi connectivity index (χ0) is 14.4. The summed E-state index contributed by atoms with van der Waals surface area (Å²) < 4.78 is 1.71. The van der Waals surface area contributed by atoms with Crippen molar-refractivity contribution in [3.05, 3.63) is 35.9 Å². The monoisotopic (exact) mass is 292 g/mol. The van der Waals surface area contributed by atoms with Crippen LogP contribution in [0.15, 0.2) is 30.9 Å². The molecule has 1 aromatic carbocycles. The van der Waals surface area contributed by atoms with Gasteiger partial charge < -0.3 is 5.32 Å². The van der Waals surface area contributed by atoms with Gasteiger partial charge in [0.25, 0.3) is 0 Å². The number of aromatic nitrogens is 3. The van der Waals surface area contributed by atoms with Gasteiger partial charge in [-0.25, -0.2) is 9.67 Å². The molecule has 0 aliphatic heterocycles. The van der Waals surface area contributed by atoms with E-state index in [4.69, 9.17) is 11.6 Å². The highest BCUT2D eigenvalue weighted by Gasteiger charge is 2.13. The number of nitrogens with one attached hydrogen (secondary N) is 1. The Bertz CT molecular complexity index is 525. The number of para-hydroxylation sites is 1. The van der Waals surface area contributed by atoms with Crippen LogP contribution < -0.4 is 5.32 Å². The highest BCUT2D eigenvalue weighted by molar-refractivity contribution is 6.33. The lowest BCUT2D eigenvalue weighted by atomic mass is 10.1. The van der Waals surface area contributed by atoms with Crippen molar-refractivity contribution >= 4 is 17.3 Å². The Balaban J connectivity index is 2.25. The molecule has 2 rings (SSSR count). The van der Waals surface area contributed by atoms with Crippen molar-refractivity contribution in [2.45, 2.75) is 45.6 Å². The molecule has 0 spiro atoms. The van der Waals surface area contributed by atoms with Crippen molar-refractivity contribution in [1.82, 2.24) is 14.8 Å². The molecule has 2 aromatic rings. The van der Waals surface area contributed by atoms with Gasteiger partial charge in [0, 0.05) is 6.04 Å². The van der Waals surface area contributed by atoms with Gasteiger partial charge in [-0.1, -0.05) is 44.4 Å². The van der Waals surface area contributed by atoms with Crippen molar-refractivity contribution in [2.24, 2.45) is 0 Å². The van der Waals surface area contributed by atoms with Gasteiger partial charge in [-0.05, 0) is 25.0 Å². The SMILES string of the molecule is CCCCC(CC)Nc1cccc(Cl)c1-n1cncn1. The van der Waals surface area contributed by atoms with E-state index in [0.29, 0.717) is 11.1 Å². The van der Waals surface area contributed by atoms with E-state index in [0.717, 1.165) is 24.2 Å². The number of anilines is 1. The van der Waals surface area contributed by atoms with Gasteiger partial charge in [0.15, 0.2) is 0 Å². The second-order valence-corrected chi connectivity index (χ2v) is 5.27. The van der Waals surface area contributed by atoms with Crippen LogP contribution in [0, 0.1) is 0 Å². The Hall–Kier alpha value is -1.55. The molecule has 1 heterocycles. The molecule has 4 nitrogen and oxygen atoms in total. The second kappa shape index (κ2) is 7.29. The molecule has 0 amide bonds. The van der Waals surface area contributed by atoms with Crippen molar-refractivity contribution in [2.75, 3.05) is 5.32 Å². The van der Waals surface area contributed by atoms with Crippen LogP contribution in [0.4, 0.5) is 5.69 Å². The predicted octanol–water partition coefficient (Wildman–Crippen LogP) is 4.30. The third-order valence-electron chi connectivity index (χ3n) is 3.39. The van der Waals surface area contributed by atoms with Gasteiger partial charge in [0.05, 0.1) is 10.7 Å². The summed E-state index contributed by atoms with van der Waals surface area (Å²) in [6.07, 6.45) is 7.87. The number of unbranched alkanes of at least 4 members (excludes halogenated alkanes) is 1. The maximum Gasteiger partial charge on any atom is 0.138 e. The Labute approximate surface area is 125 Å². The molecule has 0 fully saturated rings. The maximum atomic E-state index is 6.32. The van der Waals surface area contributed by atoms with Crippen LogP contribution in [-0.2, 0) is 0 Å². The van der Waals surface area contributed by atoms with Crippen LogP contribution in [0.2, 0.25) is 5.02 Å². The minimum atomic E-state index is 0.454. The lowest BCUT2D eigenvalue weighted by Crippen LogP contribution is -2.19.